The maximum absolute atomic E-state index is 10.5. The van der Waals surface area contributed by atoms with E-state index in [0.29, 0.717) is 23.5 Å². The molecule has 0 saturated heterocycles. The summed E-state index contributed by atoms with van der Waals surface area (Å²) in [5.74, 6) is 2.29. The van der Waals surface area contributed by atoms with E-state index in [9.17, 15) is 5.11 Å². The second kappa shape index (κ2) is 7.52. The van der Waals surface area contributed by atoms with E-state index in [-0.39, 0.29) is 18.0 Å². The van der Waals surface area contributed by atoms with Crippen LogP contribution in [0.3, 0.4) is 0 Å². The van der Waals surface area contributed by atoms with Gasteiger partial charge >= 0.3 is 0 Å². The Balaban J connectivity index is 1.63. The molecule has 0 amide bonds. The lowest BCUT2D eigenvalue weighted by molar-refractivity contribution is -0.0185. The topological polar surface area (TPSA) is 63.5 Å². The Morgan fingerprint density at radius 2 is 2.07 bits per heavy atom. The van der Waals surface area contributed by atoms with Gasteiger partial charge in [0, 0.05) is 27.4 Å². The third kappa shape index (κ3) is 3.11. The number of rotatable bonds is 4. The van der Waals surface area contributed by atoms with Crippen LogP contribution in [0.5, 0.6) is 23.0 Å². The Morgan fingerprint density at radius 1 is 1.20 bits per heavy atom. The molecule has 2 aliphatic heterocycles. The molecule has 0 fully saturated rings. The molecule has 0 saturated carbocycles. The molecule has 0 radical (unpaired) electrons. The summed E-state index contributed by atoms with van der Waals surface area (Å²) in [7, 11) is 3.25. The van der Waals surface area contributed by atoms with Crippen molar-refractivity contribution in [1.82, 2.24) is 5.01 Å². The number of hydrogen-bond donors (Lipinski definition) is 1. The quantitative estimate of drug-likeness (QED) is 0.529. The van der Waals surface area contributed by atoms with Crippen LogP contribution in [0.1, 0.15) is 34.7 Å². The van der Waals surface area contributed by atoms with Crippen molar-refractivity contribution in [2.45, 2.75) is 18.7 Å². The van der Waals surface area contributed by atoms with E-state index in [1.165, 1.54) is 0 Å². The fourth-order valence-corrected chi connectivity index (χ4v) is 5.39. The molecule has 0 aliphatic carbocycles. The maximum atomic E-state index is 10.5. The van der Waals surface area contributed by atoms with Crippen LogP contribution in [0.2, 0.25) is 0 Å². The standard InChI is InChI=1S/C22H19BrN2O4S/c1-27-13-6-7-18(26)15(9-13)16-10-17-14-4-3-5-19(28-2)21(14)29-22(25(17)24-16)20-8-12(23)11-30-20/h3-9,11,17,22,26H,10H2,1-2H3/t17-,22+/m1/s1. The highest BCUT2D eigenvalue weighted by atomic mass is 79.9. The molecule has 5 rings (SSSR count). The molecule has 1 N–H and O–H groups in total. The first-order chi connectivity index (χ1) is 14.6. The summed E-state index contributed by atoms with van der Waals surface area (Å²) in [5.41, 5.74) is 2.47. The average molecular weight is 487 g/mol. The predicted octanol–water partition coefficient (Wildman–Crippen LogP) is 5.48. The minimum absolute atomic E-state index is 0.0321. The molecular formula is C22H19BrN2O4S. The maximum Gasteiger partial charge on any atom is 0.223 e. The van der Waals surface area contributed by atoms with Gasteiger partial charge in [-0.05, 0) is 46.3 Å². The number of hydrogen-bond acceptors (Lipinski definition) is 7. The zero-order chi connectivity index (χ0) is 20.8. The SMILES string of the molecule is COc1ccc(O)c(C2=NN3[C@H](C2)c2cccc(OC)c2O[C@H]3c2cc(Br)cs2)c1. The van der Waals surface area contributed by atoms with Crippen LogP contribution >= 0.6 is 27.3 Å². The zero-order valence-corrected chi connectivity index (χ0v) is 18.7. The fraction of sp³-hybridized carbons (Fsp3) is 0.227. The Labute approximate surface area is 186 Å². The van der Waals surface area contributed by atoms with Gasteiger partial charge in [-0.25, -0.2) is 5.01 Å². The lowest BCUT2D eigenvalue weighted by Crippen LogP contribution is -2.33. The largest absolute Gasteiger partial charge is 0.507 e. The number of thiophene rings is 1. The molecule has 2 aliphatic rings. The van der Waals surface area contributed by atoms with E-state index in [4.69, 9.17) is 19.3 Å². The van der Waals surface area contributed by atoms with Crippen LogP contribution in [-0.2, 0) is 0 Å². The van der Waals surface area contributed by atoms with Crippen LogP contribution in [0, 0.1) is 0 Å². The van der Waals surface area contributed by atoms with E-state index in [0.717, 1.165) is 26.4 Å². The van der Waals surface area contributed by atoms with Crippen molar-refractivity contribution < 1.29 is 19.3 Å². The highest BCUT2D eigenvalue weighted by molar-refractivity contribution is 9.10. The van der Waals surface area contributed by atoms with Gasteiger partial charge in [0.25, 0.3) is 0 Å². The lowest BCUT2D eigenvalue weighted by Gasteiger charge is -2.38. The second-order valence-corrected chi connectivity index (χ2v) is 8.90. The second-order valence-electron chi connectivity index (χ2n) is 7.05. The molecule has 30 heavy (non-hydrogen) atoms. The third-order valence-electron chi connectivity index (χ3n) is 5.35. The van der Waals surface area contributed by atoms with Gasteiger partial charge in [-0.1, -0.05) is 12.1 Å². The van der Waals surface area contributed by atoms with E-state index in [1.807, 2.05) is 40.7 Å². The highest BCUT2D eigenvalue weighted by Gasteiger charge is 2.43. The van der Waals surface area contributed by atoms with Crippen LogP contribution in [0.15, 0.2) is 57.4 Å². The Bertz CT molecular complexity index is 1150. The van der Waals surface area contributed by atoms with E-state index >= 15 is 0 Å². The molecule has 0 unspecified atom stereocenters. The number of para-hydroxylation sites is 1. The van der Waals surface area contributed by atoms with Crippen molar-refractivity contribution in [2.75, 3.05) is 14.2 Å². The minimum atomic E-state index is -0.389. The number of halogens is 1. The Morgan fingerprint density at radius 3 is 2.80 bits per heavy atom. The number of hydrazone groups is 1. The molecule has 3 aromatic rings. The highest BCUT2D eigenvalue weighted by Crippen LogP contribution is 2.51. The van der Waals surface area contributed by atoms with Crippen LogP contribution in [0.4, 0.5) is 0 Å². The normalized spacial score (nSPS) is 19.6. The fourth-order valence-electron chi connectivity index (χ4n) is 3.93. The first-order valence-electron chi connectivity index (χ1n) is 9.39. The van der Waals surface area contributed by atoms with Gasteiger partial charge in [0.1, 0.15) is 11.5 Å². The van der Waals surface area contributed by atoms with Crippen LogP contribution in [0.25, 0.3) is 0 Å². The molecule has 1 aromatic heterocycles. The van der Waals surface area contributed by atoms with Gasteiger partial charge in [-0.2, -0.15) is 5.10 Å². The van der Waals surface area contributed by atoms with Gasteiger partial charge in [0.2, 0.25) is 6.23 Å². The third-order valence-corrected chi connectivity index (χ3v) is 7.07. The number of benzene rings is 2. The molecule has 0 spiro atoms. The van der Waals surface area contributed by atoms with Crippen molar-refractivity contribution in [1.29, 1.82) is 0 Å². The van der Waals surface area contributed by atoms with Gasteiger partial charge in [0.05, 0.1) is 30.9 Å². The first-order valence-corrected chi connectivity index (χ1v) is 11.1. The predicted molar refractivity (Wildman–Crippen MR) is 119 cm³/mol. The average Bonchev–Trinajstić information content (AvgIpc) is 3.40. The number of ether oxygens (including phenoxy) is 3. The molecule has 2 atom stereocenters. The molecule has 154 valence electrons. The monoisotopic (exact) mass is 486 g/mol. The minimum Gasteiger partial charge on any atom is -0.507 e. The molecule has 3 heterocycles. The van der Waals surface area contributed by atoms with Gasteiger partial charge in [-0.3, -0.25) is 0 Å². The van der Waals surface area contributed by atoms with Gasteiger partial charge in [-0.15, -0.1) is 11.3 Å². The van der Waals surface area contributed by atoms with Crippen molar-refractivity contribution in [3.8, 4) is 23.0 Å². The smallest absolute Gasteiger partial charge is 0.223 e. The number of phenolic OH excluding ortho intramolecular Hbond substituents is 1. The van der Waals surface area contributed by atoms with E-state index in [1.54, 1.807) is 37.7 Å². The summed E-state index contributed by atoms with van der Waals surface area (Å²) in [6, 6.07) is 13.1. The zero-order valence-electron chi connectivity index (χ0n) is 16.3. The summed E-state index contributed by atoms with van der Waals surface area (Å²) in [6.07, 6.45) is 0.244. The van der Waals surface area contributed by atoms with Gasteiger partial charge < -0.3 is 19.3 Å². The van der Waals surface area contributed by atoms with E-state index < -0.39 is 0 Å². The van der Waals surface area contributed by atoms with Crippen molar-refractivity contribution in [2.24, 2.45) is 5.10 Å². The summed E-state index contributed by atoms with van der Waals surface area (Å²) in [5, 5.41) is 19.4. The molecule has 2 aromatic carbocycles. The number of phenols is 1. The van der Waals surface area contributed by atoms with Crippen molar-refractivity contribution >= 4 is 33.0 Å². The van der Waals surface area contributed by atoms with Gasteiger partial charge in [0.15, 0.2) is 11.5 Å². The summed E-state index contributed by atoms with van der Waals surface area (Å²) in [6.45, 7) is 0. The first kappa shape index (κ1) is 19.3. The van der Waals surface area contributed by atoms with Crippen LogP contribution < -0.4 is 14.2 Å². The Kier molecular flexibility index (Phi) is 4.83. The molecule has 8 heteroatoms. The number of fused-ring (bicyclic) bond motifs is 3. The molecular weight excluding hydrogens is 468 g/mol. The van der Waals surface area contributed by atoms with Crippen molar-refractivity contribution in [3.05, 3.63) is 68.3 Å². The molecule has 0 bridgehead atoms. The Hall–Kier alpha value is -2.71. The number of methoxy groups -OCH3 is 2. The van der Waals surface area contributed by atoms with Crippen LogP contribution in [-0.4, -0.2) is 30.0 Å². The van der Waals surface area contributed by atoms with Crippen molar-refractivity contribution in [3.63, 3.8) is 0 Å². The number of nitrogens with zero attached hydrogens (tertiary/aromatic N) is 2. The van der Waals surface area contributed by atoms with E-state index in [2.05, 4.69) is 15.9 Å². The molecule has 6 nitrogen and oxygen atoms in total. The summed E-state index contributed by atoms with van der Waals surface area (Å²) < 4.78 is 18.3. The summed E-state index contributed by atoms with van der Waals surface area (Å²) in [4.78, 5) is 1.03. The summed E-state index contributed by atoms with van der Waals surface area (Å²) >= 11 is 5.14. The number of aromatic hydroxyl groups is 1. The lowest BCUT2D eigenvalue weighted by atomic mass is 9.95.